The van der Waals surface area contributed by atoms with Gasteiger partial charge in [0, 0.05) is 12.5 Å². The highest BCUT2D eigenvalue weighted by Gasteiger charge is 2.21. The Bertz CT molecular complexity index is 563. The Kier molecular flexibility index (Phi) is 4.92. The van der Waals surface area contributed by atoms with Crippen LogP contribution in [0.4, 0.5) is 0 Å². The van der Waals surface area contributed by atoms with Crippen molar-refractivity contribution in [2.45, 2.75) is 19.8 Å². The smallest absolute Gasteiger partial charge is 0.306 e. The van der Waals surface area contributed by atoms with Gasteiger partial charge in [0.05, 0.1) is 18.6 Å². The highest BCUT2D eigenvalue weighted by molar-refractivity contribution is 6.02. The van der Waals surface area contributed by atoms with Gasteiger partial charge in [-0.3, -0.25) is 14.4 Å². The summed E-state index contributed by atoms with van der Waals surface area (Å²) in [6.45, 7) is 1.92. The van der Waals surface area contributed by atoms with Crippen LogP contribution in [0.3, 0.4) is 0 Å². The lowest BCUT2D eigenvalue weighted by atomic mass is 10.1. The summed E-state index contributed by atoms with van der Waals surface area (Å²) in [4.78, 5) is 34.1. The fourth-order valence-corrected chi connectivity index (χ4v) is 1.87. The van der Waals surface area contributed by atoms with Gasteiger partial charge in [0.2, 0.25) is 5.78 Å². The van der Waals surface area contributed by atoms with E-state index in [2.05, 4.69) is 0 Å². The lowest BCUT2D eigenvalue weighted by Crippen LogP contribution is -2.14. The Hall–Kier alpha value is -2.37. The average molecular weight is 292 g/mol. The van der Waals surface area contributed by atoms with E-state index in [0.29, 0.717) is 23.7 Å². The van der Waals surface area contributed by atoms with Crippen molar-refractivity contribution in [2.75, 3.05) is 19.8 Å². The van der Waals surface area contributed by atoms with E-state index in [9.17, 15) is 14.4 Å². The van der Waals surface area contributed by atoms with E-state index < -0.39 is 5.97 Å². The zero-order valence-corrected chi connectivity index (χ0v) is 11.7. The number of rotatable bonds is 7. The third kappa shape index (κ3) is 4.05. The number of hydrogen-bond donors (Lipinski definition) is 0. The molecule has 2 rings (SSSR count). The zero-order chi connectivity index (χ0) is 15.2. The first kappa shape index (κ1) is 15.0. The fourth-order valence-electron chi connectivity index (χ4n) is 1.87. The van der Waals surface area contributed by atoms with E-state index in [1.165, 1.54) is 0 Å². The molecule has 0 amide bonds. The van der Waals surface area contributed by atoms with E-state index in [-0.39, 0.29) is 37.6 Å². The molecule has 1 aromatic rings. The van der Waals surface area contributed by atoms with Crippen LogP contribution in [0.1, 0.15) is 30.1 Å². The van der Waals surface area contributed by atoms with E-state index in [0.717, 1.165) is 0 Å². The lowest BCUT2D eigenvalue weighted by molar-refractivity contribution is -0.144. The monoisotopic (exact) mass is 292 g/mol. The molecule has 0 aliphatic carbocycles. The molecule has 0 saturated heterocycles. The van der Waals surface area contributed by atoms with E-state index in [1.54, 1.807) is 25.1 Å². The molecular formula is C15H16O6. The van der Waals surface area contributed by atoms with Gasteiger partial charge < -0.3 is 14.2 Å². The van der Waals surface area contributed by atoms with Gasteiger partial charge in [-0.05, 0) is 19.1 Å². The molecule has 0 spiro atoms. The summed E-state index contributed by atoms with van der Waals surface area (Å²) >= 11 is 0. The Balaban J connectivity index is 1.79. The highest BCUT2D eigenvalue weighted by Crippen LogP contribution is 2.29. The van der Waals surface area contributed by atoms with Gasteiger partial charge in [-0.1, -0.05) is 0 Å². The van der Waals surface area contributed by atoms with Gasteiger partial charge in [-0.15, -0.1) is 0 Å². The summed E-state index contributed by atoms with van der Waals surface area (Å²) in [7, 11) is 0. The average Bonchev–Trinajstić information content (AvgIpc) is 2.84. The fraction of sp³-hybridized carbons (Fsp3) is 0.400. The standard InChI is InChI=1S/C15H16O6/c1-2-19-15(18)6-3-10(16)8-20-11-4-5-12-13(17)9-21-14(12)7-11/h4-5,7H,2-3,6,8-9H2,1H3. The third-order valence-corrected chi connectivity index (χ3v) is 2.93. The number of Topliss-reactive ketones (excluding diaryl/α,β-unsaturated/α-hetero) is 2. The first-order chi connectivity index (χ1) is 10.1. The summed E-state index contributed by atoms with van der Waals surface area (Å²) in [5.74, 6) is 0.266. The summed E-state index contributed by atoms with van der Waals surface area (Å²) in [5, 5.41) is 0. The van der Waals surface area contributed by atoms with Gasteiger partial charge in [-0.25, -0.2) is 0 Å². The van der Waals surface area contributed by atoms with Crippen molar-refractivity contribution in [3.8, 4) is 11.5 Å². The predicted molar refractivity (Wildman–Crippen MR) is 72.6 cm³/mol. The molecule has 1 heterocycles. The Labute approximate surface area is 122 Å². The maximum Gasteiger partial charge on any atom is 0.306 e. The van der Waals surface area contributed by atoms with E-state index in [4.69, 9.17) is 14.2 Å². The number of ether oxygens (including phenoxy) is 3. The zero-order valence-electron chi connectivity index (χ0n) is 11.7. The number of carbonyl (C=O) groups is 3. The quantitative estimate of drug-likeness (QED) is 0.709. The predicted octanol–water partition coefficient (Wildman–Crippen LogP) is 1.55. The summed E-state index contributed by atoms with van der Waals surface area (Å²) in [6, 6.07) is 4.81. The second-order valence-electron chi connectivity index (χ2n) is 4.50. The second-order valence-corrected chi connectivity index (χ2v) is 4.50. The normalized spacial score (nSPS) is 12.5. The Morgan fingerprint density at radius 2 is 2.10 bits per heavy atom. The largest absolute Gasteiger partial charge is 0.486 e. The number of benzene rings is 1. The molecule has 0 bridgehead atoms. The van der Waals surface area contributed by atoms with E-state index >= 15 is 0 Å². The van der Waals surface area contributed by atoms with Crippen molar-refractivity contribution < 1.29 is 28.6 Å². The van der Waals surface area contributed by atoms with Crippen LogP contribution in [0.5, 0.6) is 11.5 Å². The third-order valence-electron chi connectivity index (χ3n) is 2.93. The summed E-state index contributed by atoms with van der Waals surface area (Å²) < 4.78 is 15.3. The molecule has 112 valence electrons. The van der Waals surface area contributed by atoms with Crippen molar-refractivity contribution >= 4 is 17.5 Å². The van der Waals surface area contributed by atoms with Crippen LogP contribution in [-0.2, 0) is 14.3 Å². The molecule has 1 aliphatic rings. The van der Waals surface area contributed by atoms with Crippen LogP contribution in [0.25, 0.3) is 0 Å². The Morgan fingerprint density at radius 3 is 2.86 bits per heavy atom. The molecule has 0 saturated carbocycles. The van der Waals surface area contributed by atoms with Crippen molar-refractivity contribution in [1.82, 2.24) is 0 Å². The molecule has 1 aliphatic heterocycles. The first-order valence-electron chi connectivity index (χ1n) is 6.70. The van der Waals surface area contributed by atoms with Crippen LogP contribution >= 0.6 is 0 Å². The Morgan fingerprint density at radius 1 is 1.29 bits per heavy atom. The molecule has 21 heavy (non-hydrogen) atoms. The van der Waals surface area contributed by atoms with Crippen LogP contribution in [-0.4, -0.2) is 37.4 Å². The molecule has 0 aromatic heterocycles. The number of esters is 1. The van der Waals surface area contributed by atoms with Crippen molar-refractivity contribution in [3.05, 3.63) is 23.8 Å². The number of ketones is 2. The molecule has 1 aromatic carbocycles. The van der Waals surface area contributed by atoms with E-state index in [1.807, 2.05) is 0 Å². The van der Waals surface area contributed by atoms with Gasteiger partial charge in [0.25, 0.3) is 0 Å². The minimum Gasteiger partial charge on any atom is -0.486 e. The molecule has 0 fully saturated rings. The number of carbonyl (C=O) groups excluding carboxylic acids is 3. The van der Waals surface area contributed by atoms with Gasteiger partial charge >= 0.3 is 5.97 Å². The lowest BCUT2D eigenvalue weighted by Gasteiger charge is -2.06. The molecule has 0 atom stereocenters. The second kappa shape index (κ2) is 6.88. The SMILES string of the molecule is CCOC(=O)CCC(=O)COc1ccc2c(c1)OCC2=O. The minimum atomic E-state index is -0.393. The summed E-state index contributed by atoms with van der Waals surface area (Å²) in [6.07, 6.45) is 0.136. The molecule has 0 N–H and O–H groups in total. The van der Waals surface area contributed by atoms with Crippen LogP contribution in [0.15, 0.2) is 18.2 Å². The maximum atomic E-state index is 11.6. The van der Waals surface area contributed by atoms with Crippen molar-refractivity contribution in [1.29, 1.82) is 0 Å². The van der Waals surface area contributed by atoms with Gasteiger partial charge in [0.15, 0.2) is 12.4 Å². The minimum absolute atomic E-state index is 0.0389. The number of fused-ring (bicyclic) bond motifs is 1. The van der Waals surface area contributed by atoms with Crippen molar-refractivity contribution in [3.63, 3.8) is 0 Å². The molecule has 0 unspecified atom stereocenters. The van der Waals surface area contributed by atoms with Gasteiger partial charge in [-0.2, -0.15) is 0 Å². The topological polar surface area (TPSA) is 78.9 Å². The highest BCUT2D eigenvalue weighted by atomic mass is 16.5. The summed E-state index contributed by atoms with van der Waals surface area (Å²) in [5.41, 5.74) is 0.524. The molecular weight excluding hydrogens is 276 g/mol. The van der Waals surface area contributed by atoms with Crippen LogP contribution in [0, 0.1) is 0 Å². The molecule has 6 heteroatoms. The van der Waals surface area contributed by atoms with Crippen LogP contribution in [0.2, 0.25) is 0 Å². The van der Waals surface area contributed by atoms with Gasteiger partial charge in [0.1, 0.15) is 18.1 Å². The number of hydrogen-bond acceptors (Lipinski definition) is 6. The van der Waals surface area contributed by atoms with Crippen LogP contribution < -0.4 is 9.47 Å². The first-order valence-corrected chi connectivity index (χ1v) is 6.70. The molecule has 6 nitrogen and oxygen atoms in total. The molecule has 0 radical (unpaired) electrons. The maximum absolute atomic E-state index is 11.6. The van der Waals surface area contributed by atoms with Crippen molar-refractivity contribution in [2.24, 2.45) is 0 Å².